The Labute approximate surface area is 124 Å². The summed E-state index contributed by atoms with van der Waals surface area (Å²) in [6.07, 6.45) is 0. The predicted octanol–water partition coefficient (Wildman–Crippen LogP) is 2.44. The molecular formula is C13H13FN2O4S. The zero-order valence-corrected chi connectivity index (χ0v) is 12.2. The molecule has 2 aromatic rings. The first-order valence-electron chi connectivity index (χ1n) is 6.03. The Bertz CT molecular complexity index is 602. The molecule has 1 atom stereocenters. The van der Waals surface area contributed by atoms with E-state index in [1.807, 2.05) is 0 Å². The van der Waals surface area contributed by atoms with Crippen molar-refractivity contribution in [2.75, 3.05) is 7.11 Å². The van der Waals surface area contributed by atoms with Crippen molar-refractivity contribution in [3.05, 3.63) is 36.0 Å². The summed E-state index contributed by atoms with van der Waals surface area (Å²) in [6, 6.07) is 5.59. The first kappa shape index (κ1) is 15.3. The van der Waals surface area contributed by atoms with E-state index in [2.05, 4.69) is 14.9 Å². The molecule has 0 aliphatic carbocycles. The van der Waals surface area contributed by atoms with Crippen LogP contribution in [0.5, 0.6) is 5.75 Å². The zero-order chi connectivity index (χ0) is 15.2. The number of benzene rings is 1. The number of ether oxygens (including phenoxy) is 2. The van der Waals surface area contributed by atoms with E-state index in [0.29, 0.717) is 5.75 Å². The van der Waals surface area contributed by atoms with Crippen molar-refractivity contribution in [1.82, 2.24) is 10.2 Å². The van der Waals surface area contributed by atoms with Crippen molar-refractivity contribution in [2.45, 2.75) is 24.0 Å². The van der Waals surface area contributed by atoms with Crippen molar-refractivity contribution in [2.24, 2.45) is 0 Å². The Morgan fingerprint density at radius 2 is 2.10 bits per heavy atom. The first-order chi connectivity index (χ1) is 10.1. The average Bonchev–Trinajstić information content (AvgIpc) is 2.93. The van der Waals surface area contributed by atoms with Crippen LogP contribution in [0, 0.1) is 5.82 Å². The van der Waals surface area contributed by atoms with Crippen LogP contribution in [-0.4, -0.2) is 28.5 Å². The van der Waals surface area contributed by atoms with E-state index in [1.165, 1.54) is 31.4 Å². The maximum absolute atomic E-state index is 12.7. The van der Waals surface area contributed by atoms with Gasteiger partial charge in [0.05, 0.1) is 7.11 Å². The van der Waals surface area contributed by atoms with Gasteiger partial charge in [0.15, 0.2) is 6.61 Å². The smallest absolute Gasteiger partial charge is 0.319 e. The fourth-order valence-corrected chi connectivity index (χ4v) is 2.11. The maximum atomic E-state index is 12.7. The molecule has 112 valence electrons. The molecule has 0 bridgehead atoms. The molecule has 0 N–H and O–H groups in total. The van der Waals surface area contributed by atoms with Crippen molar-refractivity contribution < 1.29 is 23.1 Å². The Hall–Kier alpha value is -2.09. The molecule has 0 aliphatic heterocycles. The number of halogens is 1. The lowest BCUT2D eigenvalue weighted by atomic mass is 10.3. The molecule has 0 spiro atoms. The third-order valence-corrected chi connectivity index (χ3v) is 3.35. The number of methoxy groups -OCH3 is 1. The lowest BCUT2D eigenvalue weighted by Crippen LogP contribution is -2.14. The second-order valence-electron chi connectivity index (χ2n) is 3.99. The highest BCUT2D eigenvalue weighted by atomic mass is 32.2. The Balaban J connectivity index is 1.88. The number of carbonyl (C=O) groups is 1. The van der Waals surface area contributed by atoms with Crippen LogP contribution in [-0.2, 0) is 16.1 Å². The SMILES string of the molecule is COC(=O)[C@@H](C)Sc1nnc(COc2ccc(F)cc2)o1. The molecule has 1 heterocycles. The number of hydrogen-bond donors (Lipinski definition) is 0. The molecule has 0 unspecified atom stereocenters. The molecule has 0 fully saturated rings. The van der Waals surface area contributed by atoms with Gasteiger partial charge in [-0.05, 0) is 31.2 Å². The number of hydrogen-bond acceptors (Lipinski definition) is 7. The molecule has 0 radical (unpaired) electrons. The van der Waals surface area contributed by atoms with Gasteiger partial charge in [-0.3, -0.25) is 4.79 Å². The van der Waals surface area contributed by atoms with Gasteiger partial charge < -0.3 is 13.9 Å². The summed E-state index contributed by atoms with van der Waals surface area (Å²) in [5.74, 6) is 0.0450. The number of thioether (sulfide) groups is 1. The standard InChI is InChI=1S/C13H13FN2O4S/c1-8(12(17)18-2)21-13-16-15-11(20-13)7-19-10-5-3-9(14)4-6-10/h3-6,8H,7H2,1-2H3/t8-/m1/s1. The topological polar surface area (TPSA) is 74.5 Å². The van der Waals surface area contributed by atoms with Crippen LogP contribution in [0.4, 0.5) is 4.39 Å². The molecule has 0 saturated heterocycles. The van der Waals surface area contributed by atoms with Crippen LogP contribution in [0.3, 0.4) is 0 Å². The molecule has 2 rings (SSSR count). The molecule has 6 nitrogen and oxygen atoms in total. The number of aromatic nitrogens is 2. The average molecular weight is 312 g/mol. The van der Waals surface area contributed by atoms with Crippen LogP contribution in [0.2, 0.25) is 0 Å². The highest BCUT2D eigenvalue weighted by Gasteiger charge is 2.18. The van der Waals surface area contributed by atoms with Crippen molar-refractivity contribution in [3.8, 4) is 5.75 Å². The van der Waals surface area contributed by atoms with Crippen LogP contribution in [0.1, 0.15) is 12.8 Å². The summed E-state index contributed by atoms with van der Waals surface area (Å²) in [7, 11) is 1.31. The van der Waals surface area contributed by atoms with E-state index in [1.54, 1.807) is 6.92 Å². The van der Waals surface area contributed by atoms with Crippen LogP contribution in [0.25, 0.3) is 0 Å². The fourth-order valence-electron chi connectivity index (χ4n) is 1.39. The van der Waals surface area contributed by atoms with Gasteiger partial charge in [-0.1, -0.05) is 11.8 Å². The van der Waals surface area contributed by atoms with Crippen LogP contribution < -0.4 is 4.74 Å². The van der Waals surface area contributed by atoms with Crippen LogP contribution >= 0.6 is 11.8 Å². The van der Waals surface area contributed by atoms with E-state index >= 15 is 0 Å². The first-order valence-corrected chi connectivity index (χ1v) is 6.91. The highest BCUT2D eigenvalue weighted by Crippen LogP contribution is 2.23. The third kappa shape index (κ3) is 4.45. The van der Waals surface area contributed by atoms with Crippen molar-refractivity contribution in [1.29, 1.82) is 0 Å². The summed E-state index contributed by atoms with van der Waals surface area (Å²) < 4.78 is 28.0. The van der Waals surface area contributed by atoms with E-state index in [-0.39, 0.29) is 29.5 Å². The maximum Gasteiger partial charge on any atom is 0.319 e. The highest BCUT2D eigenvalue weighted by molar-refractivity contribution is 8.00. The zero-order valence-electron chi connectivity index (χ0n) is 11.4. The molecule has 0 saturated carbocycles. The molecular weight excluding hydrogens is 299 g/mol. The number of rotatable bonds is 6. The molecule has 1 aromatic heterocycles. The fraction of sp³-hybridized carbons (Fsp3) is 0.308. The minimum absolute atomic E-state index is 0.0613. The summed E-state index contributed by atoms with van der Waals surface area (Å²) in [5, 5.41) is 7.41. The number of carbonyl (C=O) groups excluding carboxylic acids is 1. The Kier molecular flexibility index (Phi) is 5.15. The predicted molar refractivity (Wildman–Crippen MR) is 72.4 cm³/mol. The second-order valence-corrected chi connectivity index (χ2v) is 5.28. The number of nitrogens with zero attached hydrogens (tertiary/aromatic N) is 2. The third-order valence-electron chi connectivity index (χ3n) is 2.43. The van der Waals surface area contributed by atoms with Gasteiger partial charge >= 0.3 is 5.97 Å². The summed E-state index contributed by atoms with van der Waals surface area (Å²) in [5.41, 5.74) is 0. The van der Waals surface area contributed by atoms with Crippen molar-refractivity contribution >= 4 is 17.7 Å². The lowest BCUT2D eigenvalue weighted by Gasteiger charge is -2.04. The summed E-state index contributed by atoms with van der Waals surface area (Å²) >= 11 is 1.10. The van der Waals surface area contributed by atoms with Gasteiger partial charge in [0.25, 0.3) is 11.1 Å². The van der Waals surface area contributed by atoms with Gasteiger partial charge in [0.2, 0.25) is 0 Å². The van der Waals surface area contributed by atoms with E-state index in [4.69, 9.17) is 9.15 Å². The lowest BCUT2D eigenvalue weighted by molar-refractivity contribution is -0.139. The minimum Gasteiger partial charge on any atom is -0.484 e. The summed E-state index contributed by atoms with van der Waals surface area (Å²) in [6.45, 7) is 1.74. The van der Waals surface area contributed by atoms with Crippen LogP contribution in [0.15, 0.2) is 33.9 Å². The molecule has 0 amide bonds. The largest absolute Gasteiger partial charge is 0.484 e. The van der Waals surface area contributed by atoms with Gasteiger partial charge in [0.1, 0.15) is 16.8 Å². The van der Waals surface area contributed by atoms with Gasteiger partial charge in [-0.15, -0.1) is 10.2 Å². The van der Waals surface area contributed by atoms with E-state index < -0.39 is 5.25 Å². The van der Waals surface area contributed by atoms with Gasteiger partial charge in [-0.25, -0.2) is 4.39 Å². The Morgan fingerprint density at radius 1 is 1.38 bits per heavy atom. The van der Waals surface area contributed by atoms with Gasteiger partial charge in [-0.2, -0.15) is 0 Å². The summed E-state index contributed by atoms with van der Waals surface area (Å²) in [4.78, 5) is 11.3. The monoisotopic (exact) mass is 312 g/mol. The molecule has 0 aliphatic rings. The van der Waals surface area contributed by atoms with Crippen molar-refractivity contribution in [3.63, 3.8) is 0 Å². The van der Waals surface area contributed by atoms with E-state index in [9.17, 15) is 9.18 Å². The second kappa shape index (κ2) is 7.07. The molecule has 8 heteroatoms. The quantitative estimate of drug-likeness (QED) is 0.599. The van der Waals surface area contributed by atoms with Gasteiger partial charge in [0, 0.05) is 0 Å². The Morgan fingerprint density at radius 3 is 2.76 bits per heavy atom. The number of esters is 1. The minimum atomic E-state index is -0.443. The van der Waals surface area contributed by atoms with E-state index in [0.717, 1.165) is 11.8 Å². The molecule has 21 heavy (non-hydrogen) atoms. The molecule has 1 aromatic carbocycles. The normalized spacial score (nSPS) is 12.0.